The van der Waals surface area contributed by atoms with Gasteiger partial charge in [0.25, 0.3) is 0 Å². The zero-order chi connectivity index (χ0) is 21.5. The number of thiazole rings is 1. The molecular weight excluding hydrogens is 398 g/mol. The number of aryl methyl sites for hydroxylation is 2. The van der Waals surface area contributed by atoms with Crippen molar-refractivity contribution in [2.75, 3.05) is 12.4 Å². The van der Waals surface area contributed by atoms with Gasteiger partial charge in [-0.1, -0.05) is 44.2 Å². The number of methoxy groups -OCH3 is 1. The molecule has 158 valence electrons. The molecule has 1 atom stereocenters. The van der Waals surface area contributed by atoms with Crippen molar-refractivity contribution in [1.82, 2.24) is 9.55 Å². The lowest BCUT2D eigenvalue weighted by molar-refractivity contribution is -0.119. The van der Waals surface area contributed by atoms with Crippen molar-refractivity contribution >= 4 is 28.3 Å². The molecule has 0 saturated carbocycles. The highest BCUT2D eigenvalue weighted by molar-refractivity contribution is 7.16. The van der Waals surface area contributed by atoms with Crippen LogP contribution in [0.4, 0.5) is 5.13 Å². The first kappa shape index (κ1) is 21.8. The lowest BCUT2D eigenvalue weighted by Gasteiger charge is -2.19. The summed E-state index contributed by atoms with van der Waals surface area (Å²) >= 11 is 1.33. The summed E-state index contributed by atoms with van der Waals surface area (Å²) in [5, 5.41) is 3.33. The standard InChI is InChI=1S/C23H27N3O3S/c1-16(2)15-18(26-13-7-8-14-26)21(27)25-23-24-20(22(28)29-3)19(30-23)12-11-17-9-5-4-6-10-17/h4-10,13-14,16,18H,11-12,15H2,1-3H3,(H,24,25,27)/t18-/m1/s1. The summed E-state index contributed by atoms with van der Waals surface area (Å²) in [6.07, 6.45) is 5.91. The van der Waals surface area contributed by atoms with Crippen LogP contribution in [-0.2, 0) is 22.4 Å². The molecule has 0 radical (unpaired) electrons. The molecule has 1 N–H and O–H groups in total. The topological polar surface area (TPSA) is 73.2 Å². The molecule has 0 fully saturated rings. The van der Waals surface area contributed by atoms with E-state index in [9.17, 15) is 9.59 Å². The van der Waals surface area contributed by atoms with E-state index < -0.39 is 5.97 Å². The fraction of sp³-hybridized carbons (Fsp3) is 0.348. The summed E-state index contributed by atoms with van der Waals surface area (Å²) in [4.78, 5) is 30.4. The Morgan fingerprint density at radius 2 is 1.80 bits per heavy atom. The van der Waals surface area contributed by atoms with Gasteiger partial charge in [0.05, 0.1) is 7.11 Å². The van der Waals surface area contributed by atoms with Gasteiger partial charge in [-0.05, 0) is 42.9 Å². The molecule has 2 heterocycles. The summed E-state index contributed by atoms with van der Waals surface area (Å²) in [7, 11) is 1.34. The number of rotatable bonds is 9. The maximum Gasteiger partial charge on any atom is 0.357 e. The summed E-state index contributed by atoms with van der Waals surface area (Å²) < 4.78 is 6.80. The van der Waals surface area contributed by atoms with Gasteiger partial charge in [-0.3, -0.25) is 4.79 Å². The molecule has 1 aromatic carbocycles. The predicted molar refractivity (Wildman–Crippen MR) is 119 cm³/mol. The third-order valence-corrected chi connectivity index (χ3v) is 5.81. The van der Waals surface area contributed by atoms with Gasteiger partial charge in [-0.15, -0.1) is 11.3 Å². The van der Waals surface area contributed by atoms with E-state index >= 15 is 0 Å². The van der Waals surface area contributed by atoms with E-state index in [1.54, 1.807) is 0 Å². The maximum absolute atomic E-state index is 13.0. The van der Waals surface area contributed by atoms with E-state index in [4.69, 9.17) is 4.74 Å². The minimum absolute atomic E-state index is 0.139. The average Bonchev–Trinajstić information content (AvgIpc) is 3.40. The van der Waals surface area contributed by atoms with Crippen molar-refractivity contribution in [1.29, 1.82) is 0 Å². The number of ether oxygens (including phenoxy) is 1. The normalized spacial score (nSPS) is 12.0. The van der Waals surface area contributed by atoms with Gasteiger partial charge in [0.1, 0.15) is 6.04 Å². The minimum Gasteiger partial charge on any atom is -0.464 e. The Morgan fingerprint density at radius 3 is 2.43 bits per heavy atom. The van der Waals surface area contributed by atoms with Gasteiger partial charge in [-0.25, -0.2) is 9.78 Å². The number of carbonyl (C=O) groups excluding carboxylic acids is 2. The molecule has 2 aromatic heterocycles. The number of hydrogen-bond acceptors (Lipinski definition) is 5. The molecule has 0 aliphatic carbocycles. The maximum atomic E-state index is 13.0. The summed E-state index contributed by atoms with van der Waals surface area (Å²) in [5.74, 6) is -0.273. The van der Waals surface area contributed by atoms with E-state index in [-0.39, 0.29) is 17.6 Å². The number of anilines is 1. The Kier molecular flexibility index (Phi) is 7.41. The molecule has 6 nitrogen and oxygen atoms in total. The molecule has 0 unspecified atom stereocenters. The second-order valence-corrected chi connectivity index (χ2v) is 8.62. The van der Waals surface area contributed by atoms with Crippen molar-refractivity contribution < 1.29 is 14.3 Å². The number of hydrogen-bond donors (Lipinski definition) is 1. The number of amides is 1. The van der Waals surface area contributed by atoms with Crippen LogP contribution in [0.1, 0.15) is 47.2 Å². The van der Waals surface area contributed by atoms with Gasteiger partial charge in [0.15, 0.2) is 10.8 Å². The van der Waals surface area contributed by atoms with E-state index in [0.717, 1.165) is 11.3 Å². The fourth-order valence-electron chi connectivity index (χ4n) is 3.29. The molecule has 0 spiro atoms. The second-order valence-electron chi connectivity index (χ2n) is 7.53. The molecule has 1 amide bonds. The average molecular weight is 426 g/mol. The van der Waals surface area contributed by atoms with Crippen LogP contribution in [0.2, 0.25) is 0 Å². The highest BCUT2D eigenvalue weighted by Gasteiger charge is 2.24. The monoisotopic (exact) mass is 425 g/mol. The van der Waals surface area contributed by atoms with Crippen molar-refractivity contribution in [3.8, 4) is 0 Å². The van der Waals surface area contributed by atoms with Crippen LogP contribution in [0, 0.1) is 5.92 Å². The SMILES string of the molecule is COC(=O)c1nc(NC(=O)[C@@H](CC(C)C)n2cccc2)sc1CCc1ccccc1. The largest absolute Gasteiger partial charge is 0.464 e. The molecule has 30 heavy (non-hydrogen) atoms. The smallest absolute Gasteiger partial charge is 0.357 e. The summed E-state index contributed by atoms with van der Waals surface area (Å²) in [5.41, 5.74) is 1.45. The lowest BCUT2D eigenvalue weighted by Crippen LogP contribution is -2.26. The Morgan fingerprint density at radius 1 is 1.10 bits per heavy atom. The Balaban J connectivity index is 1.78. The van der Waals surface area contributed by atoms with E-state index in [0.29, 0.717) is 23.9 Å². The Bertz CT molecular complexity index is 965. The highest BCUT2D eigenvalue weighted by Crippen LogP contribution is 2.27. The number of nitrogens with one attached hydrogen (secondary N) is 1. The first-order chi connectivity index (χ1) is 14.5. The molecule has 0 aliphatic heterocycles. The first-order valence-electron chi connectivity index (χ1n) is 10.0. The van der Waals surface area contributed by atoms with E-state index in [1.807, 2.05) is 47.3 Å². The van der Waals surface area contributed by atoms with Gasteiger partial charge in [0.2, 0.25) is 5.91 Å². The van der Waals surface area contributed by atoms with Crippen LogP contribution >= 0.6 is 11.3 Å². The van der Waals surface area contributed by atoms with E-state index in [2.05, 4.69) is 36.3 Å². The highest BCUT2D eigenvalue weighted by atomic mass is 32.1. The lowest BCUT2D eigenvalue weighted by atomic mass is 10.0. The van der Waals surface area contributed by atoms with Crippen LogP contribution in [0.5, 0.6) is 0 Å². The van der Waals surface area contributed by atoms with Crippen molar-refractivity contribution in [3.63, 3.8) is 0 Å². The van der Waals surface area contributed by atoms with Crippen molar-refractivity contribution in [3.05, 3.63) is 71.0 Å². The van der Waals surface area contributed by atoms with Gasteiger partial charge >= 0.3 is 5.97 Å². The van der Waals surface area contributed by atoms with Crippen LogP contribution < -0.4 is 5.32 Å². The van der Waals surface area contributed by atoms with Gasteiger partial charge < -0.3 is 14.6 Å². The van der Waals surface area contributed by atoms with Crippen molar-refractivity contribution in [2.45, 2.75) is 39.2 Å². The van der Waals surface area contributed by atoms with Crippen LogP contribution in [0.15, 0.2) is 54.9 Å². The van der Waals surface area contributed by atoms with Gasteiger partial charge in [-0.2, -0.15) is 0 Å². The number of carbonyl (C=O) groups is 2. The third kappa shape index (κ3) is 5.57. The summed E-state index contributed by atoms with van der Waals surface area (Å²) in [6, 6.07) is 13.5. The molecule has 3 rings (SSSR count). The molecular formula is C23H27N3O3S. The number of esters is 1. The molecule has 3 aromatic rings. The summed E-state index contributed by atoms with van der Waals surface area (Å²) in [6.45, 7) is 4.18. The quantitative estimate of drug-likeness (QED) is 0.503. The Hall–Kier alpha value is -2.93. The molecule has 0 bridgehead atoms. The third-order valence-electron chi connectivity index (χ3n) is 4.77. The van der Waals surface area contributed by atoms with E-state index in [1.165, 1.54) is 24.0 Å². The number of benzene rings is 1. The van der Waals surface area contributed by atoms with Crippen molar-refractivity contribution in [2.24, 2.45) is 5.92 Å². The molecule has 0 aliphatic rings. The minimum atomic E-state index is -0.487. The number of nitrogens with zero attached hydrogens (tertiary/aromatic N) is 2. The fourth-order valence-corrected chi connectivity index (χ4v) is 4.24. The first-order valence-corrected chi connectivity index (χ1v) is 10.8. The molecule has 7 heteroatoms. The number of aromatic nitrogens is 2. The van der Waals surface area contributed by atoms with Crippen LogP contribution in [0.25, 0.3) is 0 Å². The van der Waals surface area contributed by atoms with Gasteiger partial charge in [0, 0.05) is 17.3 Å². The second kappa shape index (κ2) is 10.2. The van der Waals surface area contributed by atoms with Crippen LogP contribution in [0.3, 0.4) is 0 Å². The zero-order valence-corrected chi connectivity index (χ0v) is 18.3. The van der Waals surface area contributed by atoms with Crippen LogP contribution in [-0.4, -0.2) is 28.5 Å². The molecule has 0 saturated heterocycles. The Labute approximate surface area is 180 Å². The predicted octanol–water partition coefficient (Wildman–Crippen LogP) is 4.74. The zero-order valence-electron chi connectivity index (χ0n) is 17.5.